The van der Waals surface area contributed by atoms with Crippen LogP contribution in [0.2, 0.25) is 0 Å². The molecule has 1 atom stereocenters. The van der Waals surface area contributed by atoms with Crippen molar-refractivity contribution in [2.75, 3.05) is 7.05 Å². The Hall–Kier alpha value is -1.81. The molecule has 0 saturated carbocycles. The van der Waals surface area contributed by atoms with Crippen molar-refractivity contribution < 1.29 is 13.2 Å². The molecule has 4 heteroatoms. The van der Waals surface area contributed by atoms with Gasteiger partial charge in [0, 0.05) is 11.1 Å². The summed E-state index contributed by atoms with van der Waals surface area (Å²) in [7, 11) is 1.55. The molecule has 0 aliphatic heterocycles. The van der Waals surface area contributed by atoms with Gasteiger partial charge in [-0.05, 0) is 50.2 Å². The first-order valence-corrected chi connectivity index (χ1v) is 6.33. The van der Waals surface area contributed by atoms with Gasteiger partial charge in [0.05, 0.1) is 6.04 Å². The zero-order chi connectivity index (χ0) is 14.9. The van der Waals surface area contributed by atoms with E-state index in [2.05, 4.69) is 5.32 Å². The first kappa shape index (κ1) is 14.6. The predicted molar refractivity (Wildman–Crippen MR) is 73.1 cm³/mol. The fraction of sp³-hybridized carbons (Fsp3) is 0.250. The highest BCUT2D eigenvalue weighted by Crippen LogP contribution is 2.31. The summed E-state index contributed by atoms with van der Waals surface area (Å²) in [6, 6.07) is 5.93. The molecule has 20 heavy (non-hydrogen) atoms. The molecule has 106 valence electrons. The molecular weight excluding hydrogens is 263 g/mol. The lowest BCUT2D eigenvalue weighted by atomic mass is 9.92. The third-order valence-electron chi connectivity index (χ3n) is 3.35. The van der Waals surface area contributed by atoms with Gasteiger partial charge in [0.2, 0.25) is 0 Å². The summed E-state index contributed by atoms with van der Waals surface area (Å²) in [6.07, 6.45) is 0. The van der Waals surface area contributed by atoms with Gasteiger partial charge < -0.3 is 5.32 Å². The molecule has 0 bridgehead atoms. The van der Waals surface area contributed by atoms with Crippen LogP contribution in [-0.2, 0) is 0 Å². The van der Waals surface area contributed by atoms with Gasteiger partial charge in [0.25, 0.3) is 0 Å². The SMILES string of the molecule is CNC(c1c(C)cc(C)cc1F)c1c(F)cccc1F. The fourth-order valence-corrected chi connectivity index (χ4v) is 2.51. The Balaban J connectivity index is 2.65. The molecule has 2 aromatic rings. The van der Waals surface area contributed by atoms with E-state index < -0.39 is 23.5 Å². The second kappa shape index (κ2) is 5.67. The topological polar surface area (TPSA) is 12.0 Å². The van der Waals surface area contributed by atoms with Crippen molar-refractivity contribution in [3.63, 3.8) is 0 Å². The molecule has 0 spiro atoms. The lowest BCUT2D eigenvalue weighted by Crippen LogP contribution is -2.22. The Morgan fingerprint density at radius 3 is 2.00 bits per heavy atom. The number of benzene rings is 2. The Morgan fingerprint density at radius 2 is 1.50 bits per heavy atom. The summed E-state index contributed by atoms with van der Waals surface area (Å²) >= 11 is 0. The van der Waals surface area contributed by atoms with E-state index in [1.807, 2.05) is 0 Å². The van der Waals surface area contributed by atoms with Gasteiger partial charge in [0.1, 0.15) is 17.5 Å². The molecule has 0 aliphatic carbocycles. The molecule has 0 fully saturated rings. The maximum absolute atomic E-state index is 14.2. The highest BCUT2D eigenvalue weighted by atomic mass is 19.1. The van der Waals surface area contributed by atoms with Gasteiger partial charge >= 0.3 is 0 Å². The van der Waals surface area contributed by atoms with E-state index in [0.717, 1.165) is 5.56 Å². The molecule has 0 heterocycles. The average Bonchev–Trinajstić information content (AvgIpc) is 2.35. The lowest BCUT2D eigenvalue weighted by molar-refractivity contribution is 0.506. The van der Waals surface area contributed by atoms with Gasteiger partial charge in [0.15, 0.2) is 0 Å². The van der Waals surface area contributed by atoms with Crippen LogP contribution < -0.4 is 5.32 Å². The van der Waals surface area contributed by atoms with Gasteiger partial charge in [-0.2, -0.15) is 0 Å². The molecule has 0 amide bonds. The summed E-state index contributed by atoms with van der Waals surface area (Å²) in [5.41, 5.74) is 1.53. The Bertz CT molecular complexity index is 594. The third kappa shape index (κ3) is 2.56. The van der Waals surface area contributed by atoms with Crippen LogP contribution in [0.25, 0.3) is 0 Å². The molecule has 1 unspecified atom stereocenters. The predicted octanol–water partition coefficient (Wildman–Crippen LogP) is 4.03. The highest BCUT2D eigenvalue weighted by molar-refractivity contribution is 5.40. The van der Waals surface area contributed by atoms with E-state index >= 15 is 0 Å². The van der Waals surface area contributed by atoms with Crippen molar-refractivity contribution in [2.24, 2.45) is 0 Å². The van der Waals surface area contributed by atoms with Crippen LogP contribution >= 0.6 is 0 Å². The van der Waals surface area contributed by atoms with Crippen molar-refractivity contribution >= 4 is 0 Å². The number of halogens is 3. The van der Waals surface area contributed by atoms with Crippen molar-refractivity contribution in [3.05, 3.63) is 70.0 Å². The standard InChI is InChI=1S/C16H16F3N/c1-9-7-10(2)14(13(19)8-9)16(20-3)15-11(17)5-4-6-12(15)18/h4-8,16,20H,1-3H3. The normalized spacial score (nSPS) is 12.5. The molecule has 2 rings (SSSR count). The van der Waals surface area contributed by atoms with E-state index in [4.69, 9.17) is 0 Å². The largest absolute Gasteiger partial charge is 0.309 e. The second-order valence-corrected chi connectivity index (χ2v) is 4.83. The molecule has 2 aromatic carbocycles. The number of nitrogens with one attached hydrogen (secondary N) is 1. The van der Waals surface area contributed by atoms with Gasteiger partial charge in [-0.3, -0.25) is 0 Å². The van der Waals surface area contributed by atoms with Gasteiger partial charge in [-0.1, -0.05) is 12.1 Å². The Kier molecular flexibility index (Phi) is 4.14. The molecular formula is C16H16F3N. The van der Waals surface area contributed by atoms with E-state index in [1.54, 1.807) is 27.0 Å². The van der Waals surface area contributed by atoms with Crippen LogP contribution in [-0.4, -0.2) is 7.05 Å². The van der Waals surface area contributed by atoms with Crippen LogP contribution in [0, 0.1) is 31.3 Å². The minimum atomic E-state index is -0.864. The van der Waals surface area contributed by atoms with Gasteiger partial charge in [-0.25, -0.2) is 13.2 Å². The minimum Gasteiger partial charge on any atom is -0.309 e. The molecule has 0 aromatic heterocycles. The highest BCUT2D eigenvalue weighted by Gasteiger charge is 2.24. The van der Waals surface area contributed by atoms with Crippen molar-refractivity contribution in [1.82, 2.24) is 5.32 Å². The molecule has 0 saturated heterocycles. The van der Waals surface area contributed by atoms with E-state index in [0.29, 0.717) is 5.56 Å². The monoisotopic (exact) mass is 279 g/mol. The van der Waals surface area contributed by atoms with Gasteiger partial charge in [-0.15, -0.1) is 0 Å². The summed E-state index contributed by atoms with van der Waals surface area (Å²) in [5, 5.41) is 2.80. The maximum atomic E-state index is 14.2. The quantitative estimate of drug-likeness (QED) is 0.894. The van der Waals surface area contributed by atoms with Crippen molar-refractivity contribution in [3.8, 4) is 0 Å². The Labute approximate surface area is 116 Å². The van der Waals surface area contributed by atoms with Crippen LogP contribution in [0.3, 0.4) is 0 Å². The number of aryl methyl sites for hydroxylation is 2. The zero-order valence-electron chi connectivity index (χ0n) is 11.6. The minimum absolute atomic E-state index is 0.166. The lowest BCUT2D eigenvalue weighted by Gasteiger charge is -2.21. The number of hydrogen-bond acceptors (Lipinski definition) is 1. The Morgan fingerprint density at radius 1 is 0.900 bits per heavy atom. The maximum Gasteiger partial charge on any atom is 0.131 e. The first-order valence-electron chi connectivity index (χ1n) is 6.33. The van der Waals surface area contributed by atoms with Crippen LogP contribution in [0.5, 0.6) is 0 Å². The summed E-state index contributed by atoms with van der Waals surface area (Å²) in [5.74, 6) is -1.85. The second-order valence-electron chi connectivity index (χ2n) is 4.83. The molecule has 0 aliphatic rings. The van der Waals surface area contributed by atoms with E-state index in [1.165, 1.54) is 24.3 Å². The van der Waals surface area contributed by atoms with Crippen LogP contribution in [0.4, 0.5) is 13.2 Å². The smallest absolute Gasteiger partial charge is 0.131 e. The molecule has 1 nitrogen and oxygen atoms in total. The van der Waals surface area contributed by atoms with Crippen LogP contribution in [0.15, 0.2) is 30.3 Å². The average molecular weight is 279 g/mol. The molecule has 0 radical (unpaired) electrons. The molecule has 1 N–H and O–H groups in total. The summed E-state index contributed by atoms with van der Waals surface area (Å²) < 4.78 is 42.0. The zero-order valence-corrected chi connectivity index (χ0v) is 11.6. The van der Waals surface area contributed by atoms with E-state index in [9.17, 15) is 13.2 Å². The third-order valence-corrected chi connectivity index (χ3v) is 3.35. The fourth-order valence-electron chi connectivity index (χ4n) is 2.51. The summed E-state index contributed by atoms with van der Waals surface area (Å²) in [4.78, 5) is 0. The van der Waals surface area contributed by atoms with Crippen molar-refractivity contribution in [1.29, 1.82) is 0 Å². The first-order chi connectivity index (χ1) is 9.45. The summed E-state index contributed by atoms with van der Waals surface area (Å²) in [6.45, 7) is 3.51. The number of rotatable bonds is 3. The van der Waals surface area contributed by atoms with E-state index in [-0.39, 0.29) is 11.1 Å². The number of hydrogen-bond donors (Lipinski definition) is 1. The van der Waals surface area contributed by atoms with Crippen molar-refractivity contribution in [2.45, 2.75) is 19.9 Å². The van der Waals surface area contributed by atoms with Crippen LogP contribution in [0.1, 0.15) is 28.3 Å².